The molecule has 1 aromatic carbocycles. The van der Waals surface area contributed by atoms with E-state index in [9.17, 15) is 0 Å². The quantitative estimate of drug-likeness (QED) is 0.600. The van der Waals surface area contributed by atoms with Gasteiger partial charge in [0, 0.05) is 20.3 Å². The second-order valence-electron chi connectivity index (χ2n) is 4.41. The second kappa shape index (κ2) is 7.80. The third-order valence-electron chi connectivity index (χ3n) is 2.99. The van der Waals surface area contributed by atoms with Gasteiger partial charge in [-0.3, -0.25) is 5.10 Å². The van der Waals surface area contributed by atoms with Crippen LogP contribution < -0.4 is 9.47 Å². The van der Waals surface area contributed by atoms with Crippen LogP contribution in [0.25, 0.3) is 0 Å². The van der Waals surface area contributed by atoms with E-state index >= 15 is 0 Å². The highest BCUT2D eigenvalue weighted by Crippen LogP contribution is 2.18. The van der Waals surface area contributed by atoms with Crippen molar-refractivity contribution >= 4 is 12.2 Å². The molecule has 0 spiro atoms. The molecule has 0 aliphatic rings. The molecule has 6 nitrogen and oxygen atoms in total. The van der Waals surface area contributed by atoms with Crippen molar-refractivity contribution < 1.29 is 14.2 Å². The smallest absolute Gasteiger partial charge is 0.195 e. The fourth-order valence-corrected chi connectivity index (χ4v) is 2.12. The Morgan fingerprint density at radius 1 is 1.19 bits per heavy atom. The van der Waals surface area contributed by atoms with Gasteiger partial charge >= 0.3 is 0 Å². The molecule has 0 fully saturated rings. The fraction of sp³-hybridized carbons (Fsp3) is 0.429. The largest absolute Gasteiger partial charge is 0.497 e. The van der Waals surface area contributed by atoms with Gasteiger partial charge in [-0.05, 0) is 42.9 Å². The van der Waals surface area contributed by atoms with Gasteiger partial charge in [-0.25, -0.2) is 0 Å². The van der Waals surface area contributed by atoms with Crippen LogP contribution in [0.15, 0.2) is 24.3 Å². The fourth-order valence-electron chi connectivity index (χ4n) is 1.88. The molecule has 0 saturated carbocycles. The predicted octanol–water partition coefficient (Wildman–Crippen LogP) is 2.56. The first-order valence-corrected chi connectivity index (χ1v) is 7.05. The number of methoxy groups -OCH3 is 2. The average Bonchev–Trinajstić information content (AvgIpc) is 2.87. The van der Waals surface area contributed by atoms with Crippen molar-refractivity contribution in [1.29, 1.82) is 0 Å². The Kier molecular flexibility index (Phi) is 5.77. The summed E-state index contributed by atoms with van der Waals surface area (Å²) in [7, 11) is 3.32. The Hall–Kier alpha value is -1.86. The van der Waals surface area contributed by atoms with Gasteiger partial charge in [-0.1, -0.05) is 0 Å². The van der Waals surface area contributed by atoms with Crippen molar-refractivity contribution in [2.75, 3.05) is 20.8 Å². The molecule has 21 heavy (non-hydrogen) atoms. The number of aromatic nitrogens is 3. The molecule has 1 N–H and O–H groups in total. The molecule has 1 aromatic heterocycles. The molecule has 0 radical (unpaired) electrons. The Morgan fingerprint density at radius 2 is 1.90 bits per heavy atom. The lowest BCUT2D eigenvalue weighted by Gasteiger charge is -2.09. The summed E-state index contributed by atoms with van der Waals surface area (Å²) in [6.07, 6.45) is 0.875. The molecule has 0 bridgehead atoms. The van der Waals surface area contributed by atoms with E-state index < -0.39 is 0 Å². The van der Waals surface area contributed by atoms with Gasteiger partial charge in [0.1, 0.15) is 18.1 Å². The number of H-pyrrole nitrogens is 1. The van der Waals surface area contributed by atoms with Crippen LogP contribution >= 0.6 is 12.2 Å². The van der Waals surface area contributed by atoms with Crippen LogP contribution in [0.4, 0.5) is 0 Å². The Bertz CT molecular complexity index is 607. The number of nitrogens with one attached hydrogen (secondary N) is 1. The zero-order valence-electron chi connectivity index (χ0n) is 12.2. The van der Waals surface area contributed by atoms with Gasteiger partial charge in [0.05, 0.1) is 7.11 Å². The monoisotopic (exact) mass is 309 g/mol. The van der Waals surface area contributed by atoms with Crippen LogP contribution in [-0.2, 0) is 17.9 Å². The van der Waals surface area contributed by atoms with Crippen molar-refractivity contribution in [3.05, 3.63) is 34.9 Å². The predicted molar refractivity (Wildman–Crippen MR) is 81.2 cm³/mol. The molecule has 0 saturated heterocycles. The van der Waals surface area contributed by atoms with Crippen LogP contribution in [0.3, 0.4) is 0 Å². The first-order chi connectivity index (χ1) is 10.2. The summed E-state index contributed by atoms with van der Waals surface area (Å²) in [6.45, 7) is 1.79. The topological polar surface area (TPSA) is 61.3 Å². The minimum absolute atomic E-state index is 0.354. The third kappa shape index (κ3) is 4.30. The van der Waals surface area contributed by atoms with Gasteiger partial charge in [0.2, 0.25) is 0 Å². The van der Waals surface area contributed by atoms with E-state index in [0.29, 0.717) is 18.0 Å². The summed E-state index contributed by atoms with van der Waals surface area (Å²) >= 11 is 5.22. The van der Waals surface area contributed by atoms with E-state index in [4.69, 9.17) is 26.4 Å². The highest BCUT2D eigenvalue weighted by molar-refractivity contribution is 7.71. The maximum absolute atomic E-state index is 5.72. The maximum Gasteiger partial charge on any atom is 0.195 e. The summed E-state index contributed by atoms with van der Waals surface area (Å²) in [5.74, 6) is 2.32. The molecule has 1 heterocycles. The lowest BCUT2D eigenvalue weighted by atomic mass is 10.3. The molecule has 2 rings (SSSR count). The van der Waals surface area contributed by atoms with Crippen molar-refractivity contribution in [3.8, 4) is 11.5 Å². The van der Waals surface area contributed by atoms with Gasteiger partial charge < -0.3 is 18.8 Å². The summed E-state index contributed by atoms with van der Waals surface area (Å²) in [5, 5.41) is 6.99. The van der Waals surface area contributed by atoms with Crippen LogP contribution in [0.2, 0.25) is 0 Å². The number of rotatable bonds is 8. The van der Waals surface area contributed by atoms with Crippen molar-refractivity contribution in [1.82, 2.24) is 14.8 Å². The number of hydrogen-bond donors (Lipinski definition) is 1. The Balaban J connectivity index is 1.97. The highest BCUT2D eigenvalue weighted by Gasteiger charge is 2.07. The Morgan fingerprint density at radius 3 is 2.57 bits per heavy atom. The molecule has 7 heteroatoms. The van der Waals surface area contributed by atoms with Crippen LogP contribution in [0, 0.1) is 4.77 Å². The summed E-state index contributed by atoms with van der Waals surface area (Å²) in [6, 6.07) is 7.42. The minimum Gasteiger partial charge on any atom is -0.497 e. The van der Waals surface area contributed by atoms with Crippen molar-refractivity contribution in [2.45, 2.75) is 19.6 Å². The zero-order valence-corrected chi connectivity index (χ0v) is 13.0. The average molecular weight is 309 g/mol. The van der Waals surface area contributed by atoms with E-state index in [1.54, 1.807) is 14.2 Å². The van der Waals surface area contributed by atoms with E-state index in [1.165, 1.54) is 0 Å². The highest BCUT2D eigenvalue weighted by atomic mass is 32.1. The number of aromatic amines is 1. The van der Waals surface area contributed by atoms with Crippen LogP contribution in [0.5, 0.6) is 11.5 Å². The van der Waals surface area contributed by atoms with E-state index in [-0.39, 0.29) is 0 Å². The van der Waals surface area contributed by atoms with Gasteiger partial charge in [0.15, 0.2) is 10.6 Å². The maximum atomic E-state index is 5.72. The molecule has 0 aliphatic carbocycles. The number of benzene rings is 1. The normalized spacial score (nSPS) is 10.6. The summed E-state index contributed by atoms with van der Waals surface area (Å²) in [4.78, 5) is 0. The standard InChI is InChI=1S/C14H19N3O3S/c1-18-9-3-8-17-13(15-16-14(17)21)10-20-12-6-4-11(19-2)5-7-12/h4-7H,3,8-10H2,1-2H3,(H,16,21). The number of hydrogen-bond acceptors (Lipinski definition) is 5. The summed E-state index contributed by atoms with van der Waals surface area (Å²) in [5.41, 5.74) is 0. The molecule has 114 valence electrons. The lowest BCUT2D eigenvalue weighted by molar-refractivity contribution is 0.189. The van der Waals surface area contributed by atoms with Crippen LogP contribution in [0.1, 0.15) is 12.2 Å². The first kappa shape index (κ1) is 15.5. The molecule has 0 aliphatic heterocycles. The molecular weight excluding hydrogens is 290 g/mol. The second-order valence-corrected chi connectivity index (χ2v) is 4.79. The van der Waals surface area contributed by atoms with Gasteiger partial charge in [-0.15, -0.1) is 0 Å². The van der Waals surface area contributed by atoms with E-state index in [0.717, 1.165) is 30.3 Å². The van der Waals surface area contributed by atoms with E-state index in [1.807, 2.05) is 28.8 Å². The molecular formula is C14H19N3O3S. The molecule has 0 amide bonds. The molecule has 0 unspecified atom stereocenters. The van der Waals surface area contributed by atoms with Crippen molar-refractivity contribution in [2.24, 2.45) is 0 Å². The lowest BCUT2D eigenvalue weighted by Crippen LogP contribution is -2.09. The SMILES string of the molecule is COCCCn1c(COc2ccc(OC)cc2)n[nH]c1=S. The zero-order chi connectivity index (χ0) is 15.1. The van der Waals surface area contributed by atoms with Crippen molar-refractivity contribution in [3.63, 3.8) is 0 Å². The molecule has 2 aromatic rings. The first-order valence-electron chi connectivity index (χ1n) is 6.64. The van der Waals surface area contributed by atoms with Crippen LogP contribution in [-0.4, -0.2) is 35.6 Å². The van der Waals surface area contributed by atoms with Gasteiger partial charge in [-0.2, -0.15) is 5.10 Å². The summed E-state index contributed by atoms with van der Waals surface area (Å²) < 4.78 is 18.4. The molecule has 0 atom stereocenters. The Labute approximate surface area is 128 Å². The number of ether oxygens (including phenoxy) is 3. The van der Waals surface area contributed by atoms with Gasteiger partial charge in [0.25, 0.3) is 0 Å². The van der Waals surface area contributed by atoms with E-state index in [2.05, 4.69) is 10.2 Å². The number of nitrogens with zero attached hydrogens (tertiary/aromatic N) is 2. The minimum atomic E-state index is 0.354. The third-order valence-corrected chi connectivity index (χ3v) is 3.31.